The van der Waals surface area contributed by atoms with Crippen molar-refractivity contribution >= 4 is 11.8 Å². The predicted octanol–water partition coefficient (Wildman–Crippen LogP) is 2.71. The minimum Gasteiger partial charge on any atom is -0.383 e. The highest BCUT2D eigenvalue weighted by molar-refractivity contribution is 7.99. The van der Waals surface area contributed by atoms with E-state index in [1.807, 2.05) is 11.8 Å². The van der Waals surface area contributed by atoms with Gasteiger partial charge < -0.3 is 10.1 Å². The number of rotatable bonds is 7. The summed E-state index contributed by atoms with van der Waals surface area (Å²) in [5, 5.41) is 3.42. The van der Waals surface area contributed by atoms with Crippen LogP contribution in [-0.4, -0.2) is 32.1 Å². The van der Waals surface area contributed by atoms with Crippen LogP contribution in [0.4, 0.5) is 0 Å². The monoisotopic (exact) mass is 239 g/mol. The van der Waals surface area contributed by atoms with Gasteiger partial charge in [-0.2, -0.15) is 0 Å². The van der Waals surface area contributed by atoms with E-state index in [1.54, 1.807) is 7.11 Å². The third-order valence-corrected chi connectivity index (χ3v) is 3.27. The standard InChI is InChI=1S/C13H21NOS/c1-11-5-4-6-13(9-11)16-8-7-14-12(2)10-15-3/h4-6,9,12,14H,7-8,10H2,1-3H3. The number of ether oxygens (including phenoxy) is 1. The first-order chi connectivity index (χ1) is 7.72. The van der Waals surface area contributed by atoms with Crippen molar-refractivity contribution in [2.45, 2.75) is 24.8 Å². The van der Waals surface area contributed by atoms with Crippen molar-refractivity contribution in [1.29, 1.82) is 0 Å². The maximum absolute atomic E-state index is 5.07. The highest BCUT2D eigenvalue weighted by atomic mass is 32.2. The lowest BCUT2D eigenvalue weighted by Gasteiger charge is -2.12. The van der Waals surface area contributed by atoms with Crippen LogP contribution in [0.15, 0.2) is 29.2 Å². The van der Waals surface area contributed by atoms with Gasteiger partial charge in [0, 0.05) is 30.3 Å². The number of thioether (sulfide) groups is 1. The molecule has 0 aliphatic rings. The number of nitrogens with one attached hydrogen (secondary N) is 1. The molecule has 0 spiro atoms. The van der Waals surface area contributed by atoms with Crippen molar-refractivity contribution in [3.8, 4) is 0 Å². The van der Waals surface area contributed by atoms with Crippen molar-refractivity contribution in [2.75, 3.05) is 26.0 Å². The first-order valence-corrected chi connectivity index (χ1v) is 6.62. The Kier molecular flexibility index (Phi) is 6.53. The van der Waals surface area contributed by atoms with Crippen molar-refractivity contribution in [3.05, 3.63) is 29.8 Å². The summed E-state index contributed by atoms with van der Waals surface area (Å²) in [4.78, 5) is 1.35. The molecule has 1 aromatic rings. The third-order valence-electron chi connectivity index (χ3n) is 2.27. The van der Waals surface area contributed by atoms with Crippen LogP contribution < -0.4 is 5.32 Å². The quantitative estimate of drug-likeness (QED) is 0.584. The zero-order chi connectivity index (χ0) is 11.8. The van der Waals surface area contributed by atoms with Gasteiger partial charge in [-0.05, 0) is 26.0 Å². The second kappa shape index (κ2) is 7.71. The van der Waals surface area contributed by atoms with Gasteiger partial charge in [0.2, 0.25) is 0 Å². The van der Waals surface area contributed by atoms with Gasteiger partial charge in [0.05, 0.1) is 6.61 Å². The number of benzene rings is 1. The van der Waals surface area contributed by atoms with Crippen molar-refractivity contribution in [1.82, 2.24) is 5.32 Å². The predicted molar refractivity (Wildman–Crippen MR) is 71.2 cm³/mol. The maximum atomic E-state index is 5.07. The molecule has 0 saturated heterocycles. The molecule has 1 N–H and O–H groups in total. The SMILES string of the molecule is COCC(C)NCCSc1cccc(C)c1. The Labute approximate surface area is 103 Å². The maximum Gasteiger partial charge on any atom is 0.0613 e. The van der Waals surface area contributed by atoms with Crippen LogP contribution in [0.3, 0.4) is 0 Å². The molecule has 16 heavy (non-hydrogen) atoms. The molecule has 0 heterocycles. The van der Waals surface area contributed by atoms with Crippen molar-refractivity contribution in [3.63, 3.8) is 0 Å². The number of aryl methyl sites for hydroxylation is 1. The van der Waals surface area contributed by atoms with Gasteiger partial charge in [-0.3, -0.25) is 0 Å². The van der Waals surface area contributed by atoms with Crippen LogP contribution >= 0.6 is 11.8 Å². The first kappa shape index (κ1) is 13.6. The second-order valence-corrected chi connectivity index (χ2v) is 5.14. The Bertz CT molecular complexity index is 304. The first-order valence-electron chi connectivity index (χ1n) is 5.64. The van der Waals surface area contributed by atoms with Crippen LogP contribution in [-0.2, 0) is 4.74 Å². The van der Waals surface area contributed by atoms with E-state index < -0.39 is 0 Å². The number of hydrogen-bond acceptors (Lipinski definition) is 3. The van der Waals surface area contributed by atoms with E-state index in [0.717, 1.165) is 18.9 Å². The lowest BCUT2D eigenvalue weighted by molar-refractivity contribution is 0.173. The molecule has 3 heteroatoms. The molecule has 0 radical (unpaired) electrons. The van der Waals surface area contributed by atoms with Gasteiger partial charge in [0.1, 0.15) is 0 Å². The van der Waals surface area contributed by atoms with Gasteiger partial charge in [-0.25, -0.2) is 0 Å². The molecule has 90 valence electrons. The zero-order valence-electron chi connectivity index (χ0n) is 10.3. The fourth-order valence-corrected chi connectivity index (χ4v) is 2.39. The minimum atomic E-state index is 0.433. The molecule has 1 atom stereocenters. The van der Waals surface area contributed by atoms with Gasteiger partial charge >= 0.3 is 0 Å². The molecule has 0 amide bonds. The van der Waals surface area contributed by atoms with Crippen molar-refractivity contribution < 1.29 is 4.74 Å². The molecule has 0 aliphatic carbocycles. The van der Waals surface area contributed by atoms with E-state index in [9.17, 15) is 0 Å². The van der Waals surface area contributed by atoms with E-state index in [4.69, 9.17) is 4.74 Å². The molecule has 0 saturated carbocycles. The average molecular weight is 239 g/mol. The third kappa shape index (κ3) is 5.54. The number of hydrogen-bond donors (Lipinski definition) is 1. The lowest BCUT2D eigenvalue weighted by atomic mass is 10.2. The summed E-state index contributed by atoms with van der Waals surface area (Å²) >= 11 is 1.89. The highest BCUT2D eigenvalue weighted by Gasteiger charge is 1.99. The van der Waals surface area contributed by atoms with E-state index in [1.165, 1.54) is 10.5 Å². The molecular weight excluding hydrogens is 218 g/mol. The fourth-order valence-electron chi connectivity index (χ4n) is 1.49. The average Bonchev–Trinajstić information content (AvgIpc) is 2.25. The largest absolute Gasteiger partial charge is 0.383 e. The Balaban J connectivity index is 2.16. The summed E-state index contributed by atoms with van der Waals surface area (Å²) in [6.45, 7) is 6.06. The minimum absolute atomic E-state index is 0.433. The summed E-state index contributed by atoms with van der Waals surface area (Å²) in [5.74, 6) is 1.09. The lowest BCUT2D eigenvalue weighted by Crippen LogP contribution is -2.31. The molecule has 0 fully saturated rings. The van der Waals surface area contributed by atoms with Gasteiger partial charge in [-0.15, -0.1) is 11.8 Å². The van der Waals surface area contributed by atoms with Crippen molar-refractivity contribution in [2.24, 2.45) is 0 Å². The molecule has 1 unspecified atom stereocenters. The van der Waals surface area contributed by atoms with Crippen LogP contribution in [0.5, 0.6) is 0 Å². The van der Waals surface area contributed by atoms with E-state index in [-0.39, 0.29) is 0 Å². The Hall–Kier alpha value is -0.510. The van der Waals surface area contributed by atoms with E-state index >= 15 is 0 Å². The molecule has 0 aromatic heterocycles. The van der Waals surface area contributed by atoms with E-state index in [0.29, 0.717) is 6.04 Å². The topological polar surface area (TPSA) is 21.3 Å². The summed E-state index contributed by atoms with van der Waals surface area (Å²) in [7, 11) is 1.74. The smallest absolute Gasteiger partial charge is 0.0613 e. The van der Waals surface area contributed by atoms with Crippen LogP contribution in [0, 0.1) is 6.92 Å². The Morgan fingerprint density at radius 2 is 2.25 bits per heavy atom. The molecule has 0 aliphatic heterocycles. The van der Waals surface area contributed by atoms with Crippen LogP contribution in [0.2, 0.25) is 0 Å². The Morgan fingerprint density at radius 1 is 1.44 bits per heavy atom. The zero-order valence-corrected chi connectivity index (χ0v) is 11.1. The second-order valence-electron chi connectivity index (χ2n) is 3.98. The summed E-state index contributed by atoms with van der Waals surface area (Å²) in [6, 6.07) is 9.06. The highest BCUT2D eigenvalue weighted by Crippen LogP contribution is 2.17. The fraction of sp³-hybridized carbons (Fsp3) is 0.538. The molecule has 2 nitrogen and oxygen atoms in total. The van der Waals surface area contributed by atoms with Gasteiger partial charge in [0.15, 0.2) is 0 Å². The summed E-state index contributed by atoms with van der Waals surface area (Å²) < 4.78 is 5.07. The van der Waals surface area contributed by atoms with Gasteiger partial charge in [-0.1, -0.05) is 17.7 Å². The van der Waals surface area contributed by atoms with E-state index in [2.05, 4.69) is 43.4 Å². The summed E-state index contributed by atoms with van der Waals surface area (Å²) in [6.07, 6.45) is 0. The normalized spacial score (nSPS) is 12.7. The molecule has 0 bridgehead atoms. The Morgan fingerprint density at radius 3 is 2.94 bits per heavy atom. The number of methoxy groups -OCH3 is 1. The van der Waals surface area contributed by atoms with Crippen LogP contribution in [0.1, 0.15) is 12.5 Å². The summed E-state index contributed by atoms with van der Waals surface area (Å²) in [5.41, 5.74) is 1.32. The molecule has 1 rings (SSSR count). The van der Waals surface area contributed by atoms with Gasteiger partial charge in [0.25, 0.3) is 0 Å². The van der Waals surface area contributed by atoms with Crippen LogP contribution in [0.25, 0.3) is 0 Å². The molecular formula is C13H21NOS. The molecule has 1 aromatic carbocycles.